The second-order valence-corrected chi connectivity index (χ2v) is 6.37. The van der Waals surface area contributed by atoms with Crippen LogP contribution in [0.3, 0.4) is 0 Å². The van der Waals surface area contributed by atoms with E-state index in [4.69, 9.17) is 9.47 Å². The van der Waals surface area contributed by atoms with Gasteiger partial charge in [0.1, 0.15) is 11.5 Å². The number of carbonyl (C=O) groups excluding carboxylic acids is 1. The van der Waals surface area contributed by atoms with Gasteiger partial charge in [-0.3, -0.25) is 4.79 Å². The molecule has 0 radical (unpaired) electrons. The van der Waals surface area contributed by atoms with E-state index in [1.54, 1.807) is 31.6 Å². The second-order valence-electron chi connectivity index (χ2n) is 5.43. The van der Waals surface area contributed by atoms with Crippen molar-refractivity contribution in [2.24, 2.45) is 0 Å². The SMILES string of the molecule is COc1ccc(OC)c(CC(=O)Nc2ccccc2-c2cccs2)c1. The van der Waals surface area contributed by atoms with E-state index in [1.165, 1.54) is 0 Å². The minimum Gasteiger partial charge on any atom is -0.497 e. The van der Waals surface area contributed by atoms with Crippen LogP contribution >= 0.6 is 11.3 Å². The molecular formula is C20H19NO3S. The molecule has 0 aliphatic carbocycles. The van der Waals surface area contributed by atoms with Gasteiger partial charge in [-0.05, 0) is 35.7 Å². The normalized spacial score (nSPS) is 10.3. The Morgan fingerprint density at radius 3 is 2.60 bits per heavy atom. The van der Waals surface area contributed by atoms with Crippen LogP contribution in [-0.2, 0) is 11.2 Å². The molecule has 0 aliphatic rings. The highest BCUT2D eigenvalue weighted by Gasteiger charge is 2.13. The van der Waals surface area contributed by atoms with Crippen molar-refractivity contribution < 1.29 is 14.3 Å². The Morgan fingerprint density at radius 2 is 1.88 bits per heavy atom. The Morgan fingerprint density at radius 1 is 1.04 bits per heavy atom. The zero-order valence-corrected chi connectivity index (χ0v) is 14.9. The van der Waals surface area contributed by atoms with Crippen LogP contribution in [0.2, 0.25) is 0 Å². The van der Waals surface area contributed by atoms with Gasteiger partial charge in [-0.15, -0.1) is 11.3 Å². The molecular weight excluding hydrogens is 334 g/mol. The predicted molar refractivity (Wildman–Crippen MR) is 102 cm³/mol. The van der Waals surface area contributed by atoms with Gasteiger partial charge < -0.3 is 14.8 Å². The van der Waals surface area contributed by atoms with Crippen LogP contribution in [0.4, 0.5) is 5.69 Å². The van der Waals surface area contributed by atoms with E-state index >= 15 is 0 Å². The molecule has 3 rings (SSSR count). The first-order chi connectivity index (χ1) is 12.2. The van der Waals surface area contributed by atoms with Gasteiger partial charge in [0, 0.05) is 21.7 Å². The minimum atomic E-state index is -0.101. The molecule has 0 atom stereocenters. The number of carbonyl (C=O) groups is 1. The number of nitrogens with one attached hydrogen (secondary N) is 1. The maximum atomic E-state index is 12.6. The quantitative estimate of drug-likeness (QED) is 0.704. The molecule has 0 saturated heterocycles. The summed E-state index contributed by atoms with van der Waals surface area (Å²) in [5.74, 6) is 1.26. The Balaban J connectivity index is 1.80. The number of hydrogen-bond acceptors (Lipinski definition) is 4. The summed E-state index contributed by atoms with van der Waals surface area (Å²) in [7, 11) is 3.19. The third-order valence-electron chi connectivity index (χ3n) is 3.83. The molecule has 1 aromatic heterocycles. The van der Waals surface area contributed by atoms with E-state index in [9.17, 15) is 4.79 Å². The summed E-state index contributed by atoms with van der Waals surface area (Å²) in [6.07, 6.45) is 0.207. The number of benzene rings is 2. The lowest BCUT2D eigenvalue weighted by molar-refractivity contribution is -0.115. The molecule has 1 heterocycles. The molecule has 5 heteroatoms. The number of thiophene rings is 1. The molecule has 0 fully saturated rings. The molecule has 4 nitrogen and oxygen atoms in total. The van der Waals surface area contributed by atoms with Gasteiger partial charge in [-0.2, -0.15) is 0 Å². The first-order valence-electron chi connectivity index (χ1n) is 7.85. The standard InChI is InChI=1S/C20H19NO3S/c1-23-15-9-10-18(24-2)14(12-15)13-20(22)21-17-7-4-3-6-16(17)19-8-5-11-25-19/h3-12H,13H2,1-2H3,(H,21,22). The fourth-order valence-electron chi connectivity index (χ4n) is 2.63. The van der Waals surface area contributed by atoms with E-state index in [2.05, 4.69) is 5.32 Å². The number of ether oxygens (including phenoxy) is 2. The van der Waals surface area contributed by atoms with Crippen molar-refractivity contribution in [2.45, 2.75) is 6.42 Å². The average Bonchev–Trinajstić information content (AvgIpc) is 3.16. The minimum absolute atomic E-state index is 0.101. The predicted octanol–water partition coefficient (Wildman–Crippen LogP) is 4.61. The molecule has 0 saturated carbocycles. The third kappa shape index (κ3) is 4.00. The highest BCUT2D eigenvalue weighted by Crippen LogP contribution is 2.31. The van der Waals surface area contributed by atoms with Gasteiger partial charge in [0.05, 0.1) is 20.6 Å². The van der Waals surface area contributed by atoms with Crippen LogP contribution in [0.25, 0.3) is 10.4 Å². The van der Waals surface area contributed by atoms with Gasteiger partial charge in [0.15, 0.2) is 0 Å². The van der Waals surface area contributed by atoms with E-state index < -0.39 is 0 Å². The van der Waals surface area contributed by atoms with Gasteiger partial charge in [-0.25, -0.2) is 0 Å². The topological polar surface area (TPSA) is 47.6 Å². The van der Waals surface area contributed by atoms with Gasteiger partial charge in [-0.1, -0.05) is 24.3 Å². The molecule has 0 aliphatic heterocycles. The Bertz CT molecular complexity index is 859. The summed E-state index contributed by atoms with van der Waals surface area (Å²) in [4.78, 5) is 13.7. The molecule has 1 N–H and O–H groups in total. The van der Waals surface area contributed by atoms with E-state index in [-0.39, 0.29) is 12.3 Å². The summed E-state index contributed by atoms with van der Waals surface area (Å²) >= 11 is 1.64. The average molecular weight is 353 g/mol. The number of para-hydroxylation sites is 1. The Kier molecular flexibility index (Phi) is 5.36. The fraction of sp³-hybridized carbons (Fsp3) is 0.150. The van der Waals surface area contributed by atoms with Gasteiger partial charge in [0.25, 0.3) is 0 Å². The molecule has 128 valence electrons. The third-order valence-corrected chi connectivity index (χ3v) is 4.73. The van der Waals surface area contributed by atoms with Crippen LogP contribution < -0.4 is 14.8 Å². The smallest absolute Gasteiger partial charge is 0.228 e. The summed E-state index contributed by atoms with van der Waals surface area (Å²) in [5, 5.41) is 5.03. The molecule has 0 bridgehead atoms. The van der Waals surface area contributed by atoms with Crippen LogP contribution in [0, 0.1) is 0 Å². The van der Waals surface area contributed by atoms with Crippen molar-refractivity contribution in [3.8, 4) is 21.9 Å². The van der Waals surface area contributed by atoms with Crippen molar-refractivity contribution in [3.05, 3.63) is 65.5 Å². The summed E-state index contributed by atoms with van der Waals surface area (Å²) in [5.41, 5.74) is 2.60. The molecule has 0 unspecified atom stereocenters. The second kappa shape index (κ2) is 7.85. The lowest BCUT2D eigenvalue weighted by Crippen LogP contribution is -2.15. The molecule has 2 aromatic carbocycles. The lowest BCUT2D eigenvalue weighted by atomic mass is 10.1. The largest absolute Gasteiger partial charge is 0.497 e. The Labute approximate surface area is 151 Å². The number of hydrogen-bond donors (Lipinski definition) is 1. The highest BCUT2D eigenvalue weighted by atomic mass is 32.1. The highest BCUT2D eigenvalue weighted by molar-refractivity contribution is 7.13. The number of methoxy groups -OCH3 is 2. The molecule has 3 aromatic rings. The Hall–Kier alpha value is -2.79. The van der Waals surface area contributed by atoms with E-state index in [0.717, 1.165) is 21.7 Å². The molecule has 1 amide bonds. The van der Waals surface area contributed by atoms with Crippen molar-refractivity contribution in [1.82, 2.24) is 0 Å². The van der Waals surface area contributed by atoms with Crippen LogP contribution in [0.15, 0.2) is 60.0 Å². The number of rotatable bonds is 6. The van der Waals surface area contributed by atoms with Gasteiger partial charge >= 0.3 is 0 Å². The zero-order valence-electron chi connectivity index (χ0n) is 14.1. The maximum absolute atomic E-state index is 12.6. The van der Waals surface area contributed by atoms with E-state index in [1.807, 2.05) is 53.9 Å². The first kappa shape index (κ1) is 17.0. The monoisotopic (exact) mass is 353 g/mol. The molecule has 0 spiro atoms. The fourth-order valence-corrected chi connectivity index (χ4v) is 3.39. The summed E-state index contributed by atoms with van der Waals surface area (Å²) in [6, 6.07) is 17.3. The van der Waals surface area contributed by atoms with Crippen molar-refractivity contribution >= 4 is 22.9 Å². The lowest BCUT2D eigenvalue weighted by Gasteiger charge is -2.12. The zero-order chi connectivity index (χ0) is 17.6. The summed E-state index contributed by atoms with van der Waals surface area (Å²) < 4.78 is 10.6. The number of anilines is 1. The number of amides is 1. The van der Waals surface area contributed by atoms with Crippen LogP contribution in [0.5, 0.6) is 11.5 Å². The summed E-state index contributed by atoms with van der Waals surface area (Å²) in [6.45, 7) is 0. The van der Waals surface area contributed by atoms with Crippen molar-refractivity contribution in [1.29, 1.82) is 0 Å². The van der Waals surface area contributed by atoms with Crippen molar-refractivity contribution in [2.75, 3.05) is 19.5 Å². The van der Waals surface area contributed by atoms with Crippen LogP contribution in [0.1, 0.15) is 5.56 Å². The first-order valence-corrected chi connectivity index (χ1v) is 8.73. The van der Waals surface area contributed by atoms with Gasteiger partial charge in [0.2, 0.25) is 5.91 Å². The van der Waals surface area contributed by atoms with Crippen molar-refractivity contribution in [3.63, 3.8) is 0 Å². The van der Waals surface area contributed by atoms with Crippen LogP contribution in [-0.4, -0.2) is 20.1 Å². The van der Waals surface area contributed by atoms with E-state index in [0.29, 0.717) is 11.5 Å². The molecule has 25 heavy (non-hydrogen) atoms. The maximum Gasteiger partial charge on any atom is 0.228 e.